The Bertz CT molecular complexity index is 347. The van der Waals surface area contributed by atoms with Gasteiger partial charge in [0, 0.05) is 19.6 Å². The summed E-state index contributed by atoms with van der Waals surface area (Å²) in [5.74, 6) is 0.0666. The fourth-order valence-electron chi connectivity index (χ4n) is 1.95. The summed E-state index contributed by atoms with van der Waals surface area (Å²) in [7, 11) is 0. The Labute approximate surface area is 160 Å². The third-order valence-corrected chi connectivity index (χ3v) is 3.37. The quantitative estimate of drug-likeness (QED) is 0.446. The van der Waals surface area contributed by atoms with E-state index in [-0.39, 0.29) is 11.3 Å². The van der Waals surface area contributed by atoms with Crippen LogP contribution in [-0.2, 0) is 23.7 Å². The third-order valence-electron chi connectivity index (χ3n) is 3.37. The maximum atomic E-state index is 11.6. The Hall–Kier alpha value is -0.690. The first kappa shape index (κ1) is 25.3. The second-order valence-electron chi connectivity index (χ2n) is 8.85. The van der Waals surface area contributed by atoms with Crippen molar-refractivity contribution in [3.05, 3.63) is 0 Å². The van der Waals surface area contributed by atoms with Crippen LogP contribution in [0.2, 0.25) is 0 Å². The van der Waals surface area contributed by atoms with Crippen molar-refractivity contribution in [3.63, 3.8) is 0 Å². The minimum atomic E-state index is 0.0133. The molecule has 0 spiro atoms. The first-order valence-electron chi connectivity index (χ1n) is 9.68. The van der Waals surface area contributed by atoms with E-state index < -0.39 is 0 Å². The number of ether oxygens (including phenoxy) is 4. The van der Waals surface area contributed by atoms with Crippen LogP contribution in [0, 0.1) is 10.8 Å². The number of rotatable bonds is 15. The van der Waals surface area contributed by atoms with Gasteiger partial charge in [-0.15, -0.1) is 0 Å². The van der Waals surface area contributed by atoms with Gasteiger partial charge in [-0.05, 0) is 17.3 Å². The molecule has 0 aliphatic rings. The van der Waals surface area contributed by atoms with Crippen LogP contribution in [0.25, 0.3) is 0 Å². The van der Waals surface area contributed by atoms with E-state index in [1.807, 2.05) is 20.8 Å². The average molecular weight is 376 g/mol. The summed E-state index contributed by atoms with van der Waals surface area (Å²) < 4.78 is 21.8. The predicted octanol–water partition coefficient (Wildman–Crippen LogP) is 3.04. The van der Waals surface area contributed by atoms with Crippen LogP contribution in [0.3, 0.4) is 0 Å². The molecule has 0 saturated carbocycles. The zero-order valence-corrected chi connectivity index (χ0v) is 17.8. The summed E-state index contributed by atoms with van der Waals surface area (Å²) in [6.45, 7) is 17.9. The fraction of sp³-hybridized carbons (Fsp3) is 0.950. The van der Waals surface area contributed by atoms with E-state index in [1.165, 1.54) is 0 Å². The molecular formula is C20H41NO5. The topological polar surface area (TPSA) is 66.0 Å². The Balaban J connectivity index is 3.19. The zero-order chi connectivity index (χ0) is 19.9. The summed E-state index contributed by atoms with van der Waals surface area (Å²) in [6, 6.07) is 0. The van der Waals surface area contributed by atoms with E-state index in [0.29, 0.717) is 64.6 Å². The summed E-state index contributed by atoms with van der Waals surface area (Å²) in [6.07, 6.45) is 1.58. The first-order valence-corrected chi connectivity index (χ1v) is 9.68. The van der Waals surface area contributed by atoms with Crippen LogP contribution in [0.1, 0.15) is 54.4 Å². The second-order valence-corrected chi connectivity index (χ2v) is 8.85. The van der Waals surface area contributed by atoms with Gasteiger partial charge in [-0.2, -0.15) is 0 Å². The molecule has 1 N–H and O–H groups in total. The minimum Gasteiger partial charge on any atom is -0.379 e. The summed E-state index contributed by atoms with van der Waals surface area (Å²) in [5, 5.41) is 2.85. The van der Waals surface area contributed by atoms with E-state index in [9.17, 15) is 4.79 Å². The molecule has 0 heterocycles. The van der Waals surface area contributed by atoms with Crippen LogP contribution in [0.15, 0.2) is 0 Å². The highest BCUT2D eigenvalue weighted by Gasteiger charge is 2.15. The van der Waals surface area contributed by atoms with Crippen molar-refractivity contribution in [2.24, 2.45) is 10.8 Å². The predicted molar refractivity (Wildman–Crippen MR) is 104 cm³/mol. The standard InChI is InChI=1S/C20H41NO5/c1-19(2,3)7-9-23-11-13-25-15-16-26-14-12-24-10-8-21-18(22)17-20(4,5)6/h7-17H2,1-6H3,(H,21,22). The van der Waals surface area contributed by atoms with Gasteiger partial charge < -0.3 is 24.3 Å². The normalized spacial score (nSPS) is 12.4. The van der Waals surface area contributed by atoms with Crippen molar-refractivity contribution in [1.82, 2.24) is 5.32 Å². The Morgan fingerprint density at radius 2 is 1.08 bits per heavy atom. The number of hydrogen-bond donors (Lipinski definition) is 1. The molecule has 26 heavy (non-hydrogen) atoms. The lowest BCUT2D eigenvalue weighted by molar-refractivity contribution is -0.123. The van der Waals surface area contributed by atoms with Crippen molar-refractivity contribution < 1.29 is 23.7 Å². The first-order chi connectivity index (χ1) is 12.1. The van der Waals surface area contributed by atoms with Crippen LogP contribution in [-0.4, -0.2) is 65.3 Å². The van der Waals surface area contributed by atoms with Crippen LogP contribution < -0.4 is 5.32 Å². The molecule has 1 amide bonds. The van der Waals surface area contributed by atoms with Gasteiger partial charge in [0.15, 0.2) is 0 Å². The molecule has 0 unspecified atom stereocenters. The molecule has 6 heteroatoms. The molecule has 0 aromatic rings. The van der Waals surface area contributed by atoms with Crippen LogP contribution in [0.4, 0.5) is 0 Å². The van der Waals surface area contributed by atoms with Gasteiger partial charge >= 0.3 is 0 Å². The van der Waals surface area contributed by atoms with Gasteiger partial charge in [-0.1, -0.05) is 41.5 Å². The molecule has 0 aromatic heterocycles. The third kappa shape index (κ3) is 21.4. The van der Waals surface area contributed by atoms with E-state index in [4.69, 9.17) is 18.9 Å². The SMILES string of the molecule is CC(C)(C)CCOCCOCCOCCOCCNC(=O)CC(C)(C)C. The Morgan fingerprint density at radius 3 is 1.50 bits per heavy atom. The number of nitrogens with one attached hydrogen (secondary N) is 1. The molecule has 0 aliphatic carbocycles. The molecule has 0 rings (SSSR count). The molecule has 0 bridgehead atoms. The molecule has 0 fully saturated rings. The lowest BCUT2D eigenvalue weighted by atomic mass is 9.92. The molecule has 6 nitrogen and oxygen atoms in total. The molecule has 0 aliphatic heterocycles. The van der Waals surface area contributed by atoms with Crippen molar-refractivity contribution >= 4 is 5.91 Å². The number of hydrogen-bond acceptors (Lipinski definition) is 5. The summed E-state index contributed by atoms with van der Waals surface area (Å²) >= 11 is 0. The van der Waals surface area contributed by atoms with Crippen molar-refractivity contribution in [2.45, 2.75) is 54.4 Å². The highest BCUT2D eigenvalue weighted by molar-refractivity contribution is 5.76. The molecular weight excluding hydrogens is 334 g/mol. The molecule has 0 atom stereocenters. The van der Waals surface area contributed by atoms with Crippen LogP contribution >= 0.6 is 0 Å². The molecule has 156 valence electrons. The van der Waals surface area contributed by atoms with E-state index in [0.717, 1.165) is 13.0 Å². The van der Waals surface area contributed by atoms with Gasteiger partial charge in [0.25, 0.3) is 0 Å². The van der Waals surface area contributed by atoms with E-state index in [1.54, 1.807) is 0 Å². The Kier molecular flexibility index (Phi) is 14.0. The van der Waals surface area contributed by atoms with E-state index >= 15 is 0 Å². The maximum Gasteiger partial charge on any atom is 0.220 e. The lowest BCUT2D eigenvalue weighted by Crippen LogP contribution is -2.30. The Morgan fingerprint density at radius 1 is 0.654 bits per heavy atom. The number of amides is 1. The highest BCUT2D eigenvalue weighted by Crippen LogP contribution is 2.18. The highest BCUT2D eigenvalue weighted by atomic mass is 16.6. The van der Waals surface area contributed by atoms with E-state index in [2.05, 4.69) is 26.1 Å². The number of carbonyl (C=O) groups is 1. The molecule has 0 radical (unpaired) electrons. The lowest BCUT2D eigenvalue weighted by Gasteiger charge is -2.17. The van der Waals surface area contributed by atoms with Crippen molar-refractivity contribution in [1.29, 1.82) is 0 Å². The monoisotopic (exact) mass is 375 g/mol. The largest absolute Gasteiger partial charge is 0.379 e. The second kappa shape index (κ2) is 14.4. The average Bonchev–Trinajstić information content (AvgIpc) is 2.48. The van der Waals surface area contributed by atoms with Gasteiger partial charge in [0.2, 0.25) is 5.91 Å². The number of carbonyl (C=O) groups excluding carboxylic acids is 1. The minimum absolute atomic E-state index is 0.0133. The molecule has 0 aromatic carbocycles. The smallest absolute Gasteiger partial charge is 0.220 e. The fourth-order valence-corrected chi connectivity index (χ4v) is 1.95. The van der Waals surface area contributed by atoms with Crippen molar-refractivity contribution in [3.8, 4) is 0 Å². The molecule has 0 saturated heterocycles. The van der Waals surface area contributed by atoms with Gasteiger partial charge in [-0.3, -0.25) is 4.79 Å². The van der Waals surface area contributed by atoms with Gasteiger partial charge in [-0.25, -0.2) is 0 Å². The van der Waals surface area contributed by atoms with Gasteiger partial charge in [0.1, 0.15) is 0 Å². The maximum absolute atomic E-state index is 11.6. The summed E-state index contributed by atoms with van der Waals surface area (Å²) in [4.78, 5) is 11.6. The van der Waals surface area contributed by atoms with Gasteiger partial charge in [0.05, 0.1) is 46.2 Å². The zero-order valence-electron chi connectivity index (χ0n) is 17.8. The van der Waals surface area contributed by atoms with Crippen LogP contribution in [0.5, 0.6) is 0 Å². The summed E-state index contributed by atoms with van der Waals surface area (Å²) in [5.41, 5.74) is 0.328. The van der Waals surface area contributed by atoms with Crippen molar-refractivity contribution in [2.75, 3.05) is 59.4 Å².